The van der Waals surface area contributed by atoms with Gasteiger partial charge < -0.3 is 9.67 Å². The quantitative estimate of drug-likeness (QED) is 0.717. The fourth-order valence-electron chi connectivity index (χ4n) is 2.36. The van der Waals surface area contributed by atoms with E-state index in [1.807, 2.05) is 31.2 Å². The number of hydrogen-bond donors (Lipinski definition) is 1. The number of aliphatic hydroxyl groups excluding tert-OH is 1. The van der Waals surface area contributed by atoms with E-state index in [0.29, 0.717) is 22.3 Å². The van der Waals surface area contributed by atoms with Crippen molar-refractivity contribution in [3.8, 4) is 11.4 Å². The molecule has 3 rings (SSSR count). The highest BCUT2D eigenvalue weighted by Crippen LogP contribution is 2.27. The summed E-state index contributed by atoms with van der Waals surface area (Å²) in [6.45, 7) is 2.01. The third-order valence-electron chi connectivity index (χ3n) is 3.78. The Bertz CT molecular complexity index is 833. The van der Waals surface area contributed by atoms with Gasteiger partial charge in [0.1, 0.15) is 5.82 Å². The predicted molar refractivity (Wildman–Crippen MR) is 93.3 cm³/mol. The van der Waals surface area contributed by atoms with Gasteiger partial charge in [-0.3, -0.25) is 0 Å². The number of benzene rings is 2. The largest absolute Gasteiger partial charge is 0.388 e. The topological polar surface area (TPSA) is 50.9 Å². The summed E-state index contributed by atoms with van der Waals surface area (Å²) in [4.78, 5) is 0. The van der Waals surface area contributed by atoms with E-state index in [1.165, 1.54) is 17.8 Å². The Kier molecular flexibility index (Phi) is 4.97. The van der Waals surface area contributed by atoms with Gasteiger partial charge >= 0.3 is 0 Å². The summed E-state index contributed by atoms with van der Waals surface area (Å²) in [5, 5.41) is 19.1. The van der Waals surface area contributed by atoms with E-state index in [1.54, 1.807) is 29.8 Å². The maximum Gasteiger partial charge on any atom is 0.191 e. The van der Waals surface area contributed by atoms with Crippen LogP contribution in [0.5, 0.6) is 0 Å². The van der Waals surface area contributed by atoms with Gasteiger partial charge in [0, 0.05) is 12.8 Å². The number of thioether (sulfide) groups is 1. The zero-order valence-corrected chi connectivity index (χ0v) is 14.3. The van der Waals surface area contributed by atoms with Crippen LogP contribution in [0.3, 0.4) is 0 Å². The van der Waals surface area contributed by atoms with Crippen LogP contribution in [0.25, 0.3) is 11.4 Å². The molecule has 1 unspecified atom stereocenters. The molecular formula is C18H18FN3OS. The fraction of sp³-hybridized carbons (Fsp3) is 0.222. The van der Waals surface area contributed by atoms with E-state index in [9.17, 15) is 9.50 Å². The van der Waals surface area contributed by atoms with Crippen LogP contribution in [-0.2, 0) is 7.05 Å². The van der Waals surface area contributed by atoms with E-state index < -0.39 is 6.10 Å². The molecule has 0 aliphatic rings. The van der Waals surface area contributed by atoms with Crippen LogP contribution in [0.4, 0.5) is 4.39 Å². The van der Waals surface area contributed by atoms with Crippen molar-refractivity contribution in [2.45, 2.75) is 18.2 Å². The number of aliphatic hydroxyl groups is 1. The van der Waals surface area contributed by atoms with Crippen LogP contribution >= 0.6 is 11.8 Å². The lowest BCUT2D eigenvalue weighted by molar-refractivity contribution is 0.204. The number of nitrogens with zero attached hydrogens (tertiary/aromatic N) is 3. The van der Waals surface area contributed by atoms with Crippen LogP contribution in [0.15, 0.2) is 53.7 Å². The van der Waals surface area contributed by atoms with Gasteiger partial charge in [-0.25, -0.2) is 4.39 Å². The molecule has 0 aliphatic heterocycles. The predicted octanol–water partition coefficient (Wildman–Crippen LogP) is 3.76. The minimum absolute atomic E-state index is 0.329. The van der Waals surface area contributed by atoms with Gasteiger partial charge in [0.15, 0.2) is 11.0 Å². The summed E-state index contributed by atoms with van der Waals surface area (Å²) < 4.78 is 15.6. The summed E-state index contributed by atoms with van der Waals surface area (Å²) in [5.41, 5.74) is 2.43. The summed E-state index contributed by atoms with van der Waals surface area (Å²) in [6, 6.07) is 14.3. The zero-order valence-electron chi connectivity index (χ0n) is 13.5. The van der Waals surface area contributed by atoms with Gasteiger partial charge in [-0.1, -0.05) is 53.7 Å². The molecule has 1 atom stereocenters. The Morgan fingerprint density at radius 1 is 1.12 bits per heavy atom. The number of aryl methyl sites for hydroxylation is 1. The second-order valence-electron chi connectivity index (χ2n) is 5.58. The standard InChI is InChI=1S/C18H18FN3OS/c1-12-7-9-13(10-8-12)16(23)11-24-18-21-20-17(22(18)2)14-5-3-4-6-15(14)19/h3-10,16,23H,11H2,1-2H3. The Hall–Kier alpha value is -2.18. The van der Waals surface area contributed by atoms with E-state index in [4.69, 9.17) is 0 Å². The molecule has 2 aromatic carbocycles. The highest BCUT2D eigenvalue weighted by molar-refractivity contribution is 7.99. The average molecular weight is 343 g/mol. The van der Waals surface area contributed by atoms with Crippen molar-refractivity contribution in [3.63, 3.8) is 0 Å². The minimum atomic E-state index is -0.593. The lowest BCUT2D eigenvalue weighted by Crippen LogP contribution is -2.02. The Labute approximate surface area is 144 Å². The lowest BCUT2D eigenvalue weighted by atomic mass is 10.1. The van der Waals surface area contributed by atoms with E-state index >= 15 is 0 Å². The molecule has 0 saturated heterocycles. The first-order valence-electron chi connectivity index (χ1n) is 7.58. The molecule has 4 nitrogen and oxygen atoms in total. The van der Waals surface area contributed by atoms with Crippen LogP contribution in [0.2, 0.25) is 0 Å². The van der Waals surface area contributed by atoms with Crippen LogP contribution in [0.1, 0.15) is 17.2 Å². The molecule has 0 aliphatic carbocycles. The van der Waals surface area contributed by atoms with Crippen molar-refractivity contribution in [2.24, 2.45) is 7.05 Å². The van der Waals surface area contributed by atoms with Crippen molar-refractivity contribution >= 4 is 11.8 Å². The third kappa shape index (κ3) is 3.49. The molecule has 0 bridgehead atoms. The summed E-state index contributed by atoms with van der Waals surface area (Å²) in [5.74, 6) is 0.594. The number of hydrogen-bond acceptors (Lipinski definition) is 4. The molecular weight excluding hydrogens is 325 g/mol. The number of aromatic nitrogens is 3. The van der Waals surface area contributed by atoms with E-state index in [-0.39, 0.29) is 5.82 Å². The molecule has 0 spiro atoms. The number of rotatable bonds is 5. The molecule has 24 heavy (non-hydrogen) atoms. The highest BCUT2D eigenvalue weighted by Gasteiger charge is 2.16. The highest BCUT2D eigenvalue weighted by atomic mass is 32.2. The second-order valence-corrected chi connectivity index (χ2v) is 6.57. The van der Waals surface area contributed by atoms with Gasteiger partial charge in [-0.15, -0.1) is 10.2 Å². The van der Waals surface area contributed by atoms with Crippen molar-refractivity contribution in [2.75, 3.05) is 5.75 Å². The van der Waals surface area contributed by atoms with Crippen molar-refractivity contribution in [1.82, 2.24) is 14.8 Å². The van der Waals surface area contributed by atoms with Crippen molar-refractivity contribution in [1.29, 1.82) is 0 Å². The SMILES string of the molecule is Cc1ccc(C(O)CSc2nnc(-c3ccccc3F)n2C)cc1. The Balaban J connectivity index is 1.73. The van der Waals surface area contributed by atoms with Crippen LogP contribution in [-0.4, -0.2) is 25.6 Å². The maximum atomic E-state index is 13.9. The smallest absolute Gasteiger partial charge is 0.191 e. The van der Waals surface area contributed by atoms with Crippen LogP contribution < -0.4 is 0 Å². The molecule has 0 amide bonds. The Morgan fingerprint density at radius 2 is 1.83 bits per heavy atom. The molecule has 6 heteroatoms. The van der Waals surface area contributed by atoms with Gasteiger partial charge in [-0.2, -0.15) is 0 Å². The fourth-order valence-corrected chi connectivity index (χ4v) is 3.23. The normalized spacial score (nSPS) is 12.3. The molecule has 1 N–H and O–H groups in total. The first-order chi connectivity index (χ1) is 11.6. The molecule has 0 radical (unpaired) electrons. The maximum absolute atomic E-state index is 13.9. The Morgan fingerprint density at radius 3 is 2.54 bits per heavy atom. The minimum Gasteiger partial charge on any atom is -0.388 e. The van der Waals surface area contributed by atoms with E-state index in [0.717, 1.165) is 11.1 Å². The van der Waals surface area contributed by atoms with Crippen LogP contribution in [0, 0.1) is 12.7 Å². The first-order valence-corrected chi connectivity index (χ1v) is 8.56. The van der Waals surface area contributed by atoms with Gasteiger partial charge in [0.2, 0.25) is 0 Å². The van der Waals surface area contributed by atoms with Gasteiger partial charge in [0.25, 0.3) is 0 Å². The third-order valence-corrected chi connectivity index (χ3v) is 4.88. The lowest BCUT2D eigenvalue weighted by Gasteiger charge is -2.11. The average Bonchev–Trinajstić information content (AvgIpc) is 2.94. The molecule has 124 valence electrons. The summed E-state index contributed by atoms with van der Waals surface area (Å²) in [6.07, 6.45) is -0.593. The monoisotopic (exact) mass is 343 g/mol. The zero-order chi connectivity index (χ0) is 17.1. The first kappa shape index (κ1) is 16.7. The van der Waals surface area contributed by atoms with E-state index in [2.05, 4.69) is 10.2 Å². The molecule has 0 saturated carbocycles. The summed E-state index contributed by atoms with van der Waals surface area (Å²) in [7, 11) is 1.79. The second kappa shape index (κ2) is 7.15. The molecule has 1 heterocycles. The molecule has 3 aromatic rings. The molecule has 1 aromatic heterocycles. The van der Waals surface area contributed by atoms with Crippen molar-refractivity contribution < 1.29 is 9.50 Å². The summed E-state index contributed by atoms with van der Waals surface area (Å²) >= 11 is 1.39. The van der Waals surface area contributed by atoms with Gasteiger partial charge in [0.05, 0.1) is 11.7 Å². The number of halogens is 1. The van der Waals surface area contributed by atoms with Crippen molar-refractivity contribution in [3.05, 3.63) is 65.5 Å². The van der Waals surface area contributed by atoms with Gasteiger partial charge in [-0.05, 0) is 24.6 Å². The molecule has 0 fully saturated rings.